The van der Waals surface area contributed by atoms with E-state index in [9.17, 15) is 33.6 Å². The summed E-state index contributed by atoms with van der Waals surface area (Å²) in [5.74, 6) is -5.05. The maximum absolute atomic E-state index is 14.2. The number of hydrogen-bond donors (Lipinski definition) is 0. The highest BCUT2D eigenvalue weighted by Crippen LogP contribution is 2.71. The van der Waals surface area contributed by atoms with Crippen LogP contribution in [0.25, 0.3) is 5.57 Å². The van der Waals surface area contributed by atoms with E-state index in [0.717, 1.165) is 74.2 Å². The van der Waals surface area contributed by atoms with Crippen LogP contribution in [-0.2, 0) is 52.5 Å². The first-order chi connectivity index (χ1) is 22.2. The second-order valence-corrected chi connectivity index (χ2v) is 14.9. The minimum Gasteiger partial charge on any atom is -0.466 e. The van der Waals surface area contributed by atoms with Gasteiger partial charge in [-0.15, -0.1) is 0 Å². The van der Waals surface area contributed by atoms with E-state index in [4.69, 9.17) is 18.9 Å². The summed E-state index contributed by atoms with van der Waals surface area (Å²) in [6.45, 7) is 4.75. The summed E-state index contributed by atoms with van der Waals surface area (Å²) in [5, 5.41) is 0. The first-order valence-corrected chi connectivity index (χ1v) is 16.5. The van der Waals surface area contributed by atoms with Gasteiger partial charge in [0.05, 0.1) is 45.2 Å². The van der Waals surface area contributed by atoms with Crippen molar-refractivity contribution in [1.82, 2.24) is 4.90 Å². The predicted octanol–water partition coefficient (Wildman–Crippen LogP) is 3.06. The number of benzene rings is 1. The summed E-state index contributed by atoms with van der Waals surface area (Å²) < 4.78 is 18.6. The number of methoxy groups -OCH3 is 4. The van der Waals surface area contributed by atoms with Gasteiger partial charge in [-0.1, -0.05) is 46.9 Å². The van der Waals surface area contributed by atoms with Crippen LogP contribution in [0.2, 0.25) is 0 Å². The van der Waals surface area contributed by atoms with Crippen molar-refractivity contribution < 1.29 is 52.5 Å². The van der Waals surface area contributed by atoms with Gasteiger partial charge in [-0.3, -0.25) is 19.3 Å². The molecule has 1 aromatic carbocycles. The Hall–Kier alpha value is -4.02. The van der Waals surface area contributed by atoms with E-state index in [0.29, 0.717) is 21.7 Å². The molecule has 1 spiro atoms. The number of carbonyl (C=O) groups excluding carboxylic acids is 7. The summed E-state index contributed by atoms with van der Waals surface area (Å²) in [6, 6.07) is 5.26. The van der Waals surface area contributed by atoms with E-state index < -0.39 is 57.8 Å². The second kappa shape index (κ2) is 12.5. The van der Waals surface area contributed by atoms with Crippen LogP contribution in [0.1, 0.15) is 37.8 Å². The SMILES string of the molecule is COC(=O)C1=C(C(=O)OC)SC2(S1)C(C(=O)OC)=C(C(=O)OC)SC1=C2c2cc(C)ccc2N(C(=O)CN2C(=O)CCC2=O)C1(C)C. The third-order valence-corrected chi connectivity index (χ3v) is 12.6. The van der Waals surface area contributed by atoms with Crippen LogP contribution >= 0.6 is 35.3 Å². The van der Waals surface area contributed by atoms with E-state index in [1.165, 1.54) is 4.90 Å². The zero-order valence-electron chi connectivity index (χ0n) is 26.5. The molecule has 47 heavy (non-hydrogen) atoms. The largest absolute Gasteiger partial charge is 0.466 e. The molecule has 13 nitrogen and oxygen atoms in total. The number of hydrogen-bond acceptors (Lipinski definition) is 14. The smallest absolute Gasteiger partial charge is 0.345 e. The molecule has 5 rings (SSSR count). The number of fused-ring (bicyclic) bond motifs is 3. The zero-order valence-corrected chi connectivity index (χ0v) is 28.9. The number of thioether (sulfide) groups is 3. The summed E-state index contributed by atoms with van der Waals surface area (Å²) in [4.78, 5) is 95.0. The minimum absolute atomic E-state index is 0.00898. The van der Waals surface area contributed by atoms with Crippen molar-refractivity contribution in [3.63, 3.8) is 0 Å². The van der Waals surface area contributed by atoms with Gasteiger partial charge in [-0.05, 0) is 32.9 Å². The molecule has 3 amide bonds. The van der Waals surface area contributed by atoms with E-state index in [-0.39, 0.29) is 33.1 Å². The van der Waals surface area contributed by atoms with Gasteiger partial charge in [0, 0.05) is 28.9 Å². The van der Waals surface area contributed by atoms with Crippen LogP contribution in [-0.4, -0.2) is 91.1 Å². The Kier molecular flexibility index (Phi) is 9.16. The number of nitrogens with zero attached hydrogens (tertiary/aromatic N) is 2. The van der Waals surface area contributed by atoms with Crippen LogP contribution in [0.4, 0.5) is 5.69 Å². The lowest BCUT2D eigenvalue weighted by atomic mass is 9.83. The van der Waals surface area contributed by atoms with Crippen molar-refractivity contribution in [3.05, 3.63) is 54.5 Å². The average Bonchev–Trinajstić information content (AvgIpc) is 3.59. The molecule has 1 saturated heterocycles. The standard InChI is InChI=1S/C31H30N2O11S3/c1-14-8-9-16-15(12-14)20-25(30(2,3)33(16)19(36)13-32-17(34)10-11-18(32)35)45-22(27(38)42-5)21(26(37)41-4)31(20)46-23(28(39)43-6)24(47-31)29(40)44-7/h8-9,12H,10-11,13H2,1-7H3. The first kappa shape index (κ1) is 34.3. The van der Waals surface area contributed by atoms with Gasteiger partial charge in [0.1, 0.15) is 25.3 Å². The molecular formula is C31H30N2O11S3. The van der Waals surface area contributed by atoms with Crippen LogP contribution in [0.3, 0.4) is 0 Å². The second-order valence-electron chi connectivity index (χ2n) is 11.1. The molecule has 0 saturated carbocycles. The fourth-order valence-electron chi connectivity index (χ4n) is 5.88. The van der Waals surface area contributed by atoms with Gasteiger partial charge in [0.2, 0.25) is 17.7 Å². The Morgan fingerprint density at radius 1 is 0.787 bits per heavy atom. The Balaban J connectivity index is 1.83. The number of rotatable bonds is 6. The van der Waals surface area contributed by atoms with Gasteiger partial charge < -0.3 is 23.8 Å². The molecule has 4 aliphatic rings. The van der Waals surface area contributed by atoms with Gasteiger partial charge in [0.25, 0.3) is 0 Å². The highest BCUT2D eigenvalue weighted by molar-refractivity contribution is 8.26. The molecule has 4 aliphatic heterocycles. The Morgan fingerprint density at radius 3 is 1.81 bits per heavy atom. The number of amides is 3. The molecule has 0 radical (unpaired) electrons. The van der Waals surface area contributed by atoms with Gasteiger partial charge >= 0.3 is 23.9 Å². The maximum atomic E-state index is 14.2. The summed E-state index contributed by atoms with van der Waals surface area (Å²) >= 11 is 2.54. The number of imide groups is 1. The molecule has 248 valence electrons. The molecule has 16 heteroatoms. The summed E-state index contributed by atoms with van der Waals surface area (Å²) in [7, 11) is 4.55. The van der Waals surface area contributed by atoms with Crippen molar-refractivity contribution in [2.75, 3.05) is 39.9 Å². The zero-order chi connectivity index (χ0) is 34.6. The average molecular weight is 703 g/mol. The molecule has 0 unspecified atom stereocenters. The quantitative estimate of drug-likeness (QED) is 0.241. The summed E-state index contributed by atoms with van der Waals surface area (Å²) in [5.41, 5.74) is 0.521. The van der Waals surface area contributed by atoms with Gasteiger partial charge in [-0.2, -0.15) is 0 Å². The fraction of sp³-hybridized carbons (Fsp3) is 0.387. The molecule has 1 fully saturated rings. The van der Waals surface area contributed by atoms with Crippen molar-refractivity contribution in [1.29, 1.82) is 0 Å². The monoisotopic (exact) mass is 702 g/mol. The van der Waals surface area contributed by atoms with Crippen LogP contribution in [0.5, 0.6) is 0 Å². The molecule has 4 heterocycles. The molecule has 0 aromatic heterocycles. The van der Waals surface area contributed by atoms with Crippen molar-refractivity contribution >= 4 is 88.1 Å². The van der Waals surface area contributed by atoms with Crippen molar-refractivity contribution in [2.24, 2.45) is 0 Å². The van der Waals surface area contributed by atoms with E-state index >= 15 is 0 Å². The molecular weight excluding hydrogens is 673 g/mol. The first-order valence-electron chi connectivity index (χ1n) is 14.1. The van der Waals surface area contributed by atoms with Crippen LogP contribution in [0, 0.1) is 6.92 Å². The molecule has 0 atom stereocenters. The molecule has 0 N–H and O–H groups in total. The number of esters is 4. The Bertz CT molecular complexity index is 1730. The third kappa shape index (κ3) is 5.35. The van der Waals surface area contributed by atoms with Crippen molar-refractivity contribution in [3.8, 4) is 0 Å². The third-order valence-electron chi connectivity index (χ3n) is 7.99. The fourth-order valence-corrected chi connectivity index (χ4v) is 10.9. The Labute approximate surface area is 282 Å². The topological polar surface area (TPSA) is 163 Å². The lowest BCUT2D eigenvalue weighted by molar-refractivity contribution is -0.142. The normalized spacial score (nSPS) is 19.6. The Morgan fingerprint density at radius 2 is 1.30 bits per heavy atom. The maximum Gasteiger partial charge on any atom is 0.345 e. The number of carbonyl (C=O) groups is 7. The van der Waals surface area contributed by atoms with Crippen LogP contribution < -0.4 is 4.90 Å². The number of ether oxygens (including phenoxy) is 4. The lowest BCUT2D eigenvalue weighted by Gasteiger charge is -2.51. The van der Waals surface area contributed by atoms with E-state index in [2.05, 4.69) is 0 Å². The van der Waals surface area contributed by atoms with Crippen LogP contribution in [0.15, 0.2) is 43.4 Å². The molecule has 0 aliphatic carbocycles. The molecule has 0 bridgehead atoms. The van der Waals surface area contributed by atoms with E-state index in [1.54, 1.807) is 32.0 Å². The summed E-state index contributed by atoms with van der Waals surface area (Å²) in [6.07, 6.45) is 0.0180. The highest BCUT2D eigenvalue weighted by Gasteiger charge is 2.62. The predicted molar refractivity (Wildman–Crippen MR) is 173 cm³/mol. The van der Waals surface area contributed by atoms with Gasteiger partial charge in [0.15, 0.2) is 0 Å². The lowest BCUT2D eigenvalue weighted by Crippen LogP contribution is -2.56. The number of aryl methyl sites for hydroxylation is 1. The minimum atomic E-state index is -1.72. The number of likely N-dealkylation sites (tertiary alicyclic amines) is 1. The molecule has 1 aromatic rings. The van der Waals surface area contributed by atoms with Gasteiger partial charge in [-0.25, -0.2) is 19.2 Å². The van der Waals surface area contributed by atoms with Crippen molar-refractivity contribution in [2.45, 2.75) is 43.2 Å². The number of anilines is 1. The highest BCUT2D eigenvalue weighted by atomic mass is 32.2. The van der Waals surface area contributed by atoms with E-state index in [1.807, 2.05) is 6.92 Å².